The molecule has 21 heavy (non-hydrogen) atoms. The van der Waals surface area contributed by atoms with Crippen LogP contribution in [0.4, 0.5) is 11.5 Å². The van der Waals surface area contributed by atoms with E-state index in [4.69, 9.17) is 5.73 Å². The molecular weight excluding hydrogens is 270 g/mol. The van der Waals surface area contributed by atoms with Gasteiger partial charge in [0.2, 0.25) is 5.91 Å². The predicted molar refractivity (Wildman–Crippen MR) is 79.1 cm³/mol. The molecule has 3 rings (SSSR count). The largest absolute Gasteiger partial charge is 0.465 e. The molecule has 0 unspecified atom stereocenters. The minimum Gasteiger partial charge on any atom is -0.465 e. The van der Waals surface area contributed by atoms with E-state index in [9.17, 15) is 9.59 Å². The van der Waals surface area contributed by atoms with Gasteiger partial charge >= 0.3 is 5.97 Å². The number of nitrogens with zero attached hydrogens (tertiary/aromatic N) is 1. The Balaban J connectivity index is 2.01. The number of benzene rings is 1. The molecule has 1 amide bonds. The van der Waals surface area contributed by atoms with Crippen molar-refractivity contribution in [3.8, 4) is 11.3 Å². The normalized spacial score (nSPS) is 13.4. The number of carbonyl (C=O) groups excluding carboxylic acids is 2. The van der Waals surface area contributed by atoms with E-state index in [1.165, 1.54) is 7.11 Å². The van der Waals surface area contributed by atoms with Crippen molar-refractivity contribution >= 4 is 23.4 Å². The molecule has 0 aliphatic carbocycles. The quantitative estimate of drug-likeness (QED) is 0.820. The number of hydrogen-bond acceptors (Lipinski definition) is 4. The van der Waals surface area contributed by atoms with Crippen LogP contribution in [-0.4, -0.2) is 31.0 Å². The van der Waals surface area contributed by atoms with Crippen molar-refractivity contribution in [1.82, 2.24) is 4.98 Å². The third kappa shape index (κ3) is 2.05. The minimum absolute atomic E-state index is 0.0726. The Bertz CT molecular complexity index is 749. The summed E-state index contributed by atoms with van der Waals surface area (Å²) in [5.41, 5.74) is 9.57. The number of likely N-dealkylation sites (N-methyl/N-ethyl adjacent to an activating group) is 1. The number of fused-ring (bicyclic) bond motifs is 1. The molecule has 1 aromatic carbocycles. The molecule has 3 N–H and O–H groups in total. The van der Waals surface area contributed by atoms with Crippen molar-refractivity contribution < 1.29 is 14.3 Å². The van der Waals surface area contributed by atoms with E-state index in [0.717, 1.165) is 22.5 Å². The SMILES string of the molecule is COC(=O)c1cc(-c2ccc3c(c2)CC(=O)N3C)[nH]c1N. The lowest BCUT2D eigenvalue weighted by atomic mass is 10.1. The first-order valence-electron chi connectivity index (χ1n) is 6.48. The fourth-order valence-corrected chi connectivity index (χ4v) is 2.54. The first-order chi connectivity index (χ1) is 10.0. The van der Waals surface area contributed by atoms with Crippen LogP contribution in [0.1, 0.15) is 15.9 Å². The highest BCUT2D eigenvalue weighted by Gasteiger charge is 2.24. The van der Waals surface area contributed by atoms with Gasteiger partial charge in [0.1, 0.15) is 11.4 Å². The van der Waals surface area contributed by atoms with Crippen LogP contribution in [0.2, 0.25) is 0 Å². The molecule has 1 aliphatic rings. The van der Waals surface area contributed by atoms with E-state index in [1.54, 1.807) is 18.0 Å². The number of rotatable bonds is 2. The molecule has 0 saturated heterocycles. The van der Waals surface area contributed by atoms with E-state index in [1.807, 2.05) is 18.2 Å². The number of nitrogens with one attached hydrogen (secondary N) is 1. The zero-order valence-corrected chi connectivity index (χ0v) is 11.8. The number of esters is 1. The van der Waals surface area contributed by atoms with Gasteiger partial charge < -0.3 is 20.4 Å². The summed E-state index contributed by atoms with van der Waals surface area (Å²) in [6, 6.07) is 7.37. The average molecular weight is 285 g/mol. The lowest BCUT2D eigenvalue weighted by Crippen LogP contribution is -2.20. The van der Waals surface area contributed by atoms with Gasteiger partial charge in [-0.25, -0.2) is 4.79 Å². The second kappa shape index (κ2) is 4.66. The molecular formula is C15H15N3O3. The maximum absolute atomic E-state index is 11.7. The van der Waals surface area contributed by atoms with Crippen LogP contribution in [-0.2, 0) is 16.0 Å². The second-order valence-corrected chi connectivity index (χ2v) is 4.97. The van der Waals surface area contributed by atoms with Gasteiger partial charge in [-0.2, -0.15) is 0 Å². The zero-order valence-electron chi connectivity index (χ0n) is 11.8. The molecule has 0 bridgehead atoms. The van der Waals surface area contributed by atoms with Gasteiger partial charge in [0, 0.05) is 18.4 Å². The number of carbonyl (C=O) groups is 2. The van der Waals surface area contributed by atoms with Gasteiger partial charge in [0.25, 0.3) is 0 Å². The van der Waals surface area contributed by atoms with Crippen LogP contribution in [0.3, 0.4) is 0 Å². The molecule has 0 fully saturated rings. The molecule has 2 heterocycles. The van der Waals surface area contributed by atoms with Crippen LogP contribution in [0.25, 0.3) is 11.3 Å². The summed E-state index contributed by atoms with van der Waals surface area (Å²) >= 11 is 0. The van der Waals surface area contributed by atoms with Gasteiger partial charge in [0.15, 0.2) is 0 Å². The Morgan fingerprint density at radius 3 is 2.86 bits per heavy atom. The molecule has 1 aliphatic heterocycles. The third-order valence-electron chi connectivity index (χ3n) is 3.72. The van der Waals surface area contributed by atoms with E-state index in [2.05, 4.69) is 9.72 Å². The number of H-pyrrole nitrogens is 1. The summed E-state index contributed by atoms with van der Waals surface area (Å²) in [5.74, 6) is -0.139. The first-order valence-corrected chi connectivity index (χ1v) is 6.48. The first kappa shape index (κ1) is 13.2. The van der Waals surface area contributed by atoms with Gasteiger partial charge in [-0.3, -0.25) is 4.79 Å². The Hall–Kier alpha value is -2.76. The number of anilines is 2. The number of aromatic amines is 1. The molecule has 0 saturated carbocycles. The minimum atomic E-state index is -0.480. The van der Waals surface area contributed by atoms with Gasteiger partial charge in [-0.05, 0) is 29.3 Å². The van der Waals surface area contributed by atoms with Crippen molar-refractivity contribution in [3.63, 3.8) is 0 Å². The van der Waals surface area contributed by atoms with Crippen molar-refractivity contribution in [2.24, 2.45) is 0 Å². The summed E-state index contributed by atoms with van der Waals surface area (Å²) in [7, 11) is 3.07. The van der Waals surface area contributed by atoms with Crippen molar-refractivity contribution in [2.75, 3.05) is 24.8 Å². The van der Waals surface area contributed by atoms with Crippen LogP contribution in [0, 0.1) is 0 Å². The number of methoxy groups -OCH3 is 1. The van der Waals surface area contributed by atoms with Crippen LogP contribution >= 0.6 is 0 Å². The van der Waals surface area contributed by atoms with Crippen LogP contribution in [0.15, 0.2) is 24.3 Å². The molecule has 6 nitrogen and oxygen atoms in total. The van der Waals surface area contributed by atoms with Gasteiger partial charge in [0.05, 0.1) is 13.5 Å². The topological polar surface area (TPSA) is 88.4 Å². The molecule has 0 atom stereocenters. The Morgan fingerprint density at radius 2 is 2.14 bits per heavy atom. The number of ether oxygens (including phenoxy) is 1. The highest BCUT2D eigenvalue weighted by Crippen LogP contribution is 2.32. The van der Waals surface area contributed by atoms with Crippen LogP contribution in [0.5, 0.6) is 0 Å². The predicted octanol–water partition coefficient (Wildman–Crippen LogP) is 1.57. The van der Waals surface area contributed by atoms with Crippen molar-refractivity contribution in [2.45, 2.75) is 6.42 Å². The number of nitrogens with two attached hydrogens (primary N) is 1. The van der Waals surface area contributed by atoms with E-state index < -0.39 is 5.97 Å². The Morgan fingerprint density at radius 1 is 1.38 bits per heavy atom. The smallest absolute Gasteiger partial charge is 0.341 e. The molecule has 108 valence electrons. The zero-order chi connectivity index (χ0) is 15.1. The van der Waals surface area contributed by atoms with Crippen molar-refractivity contribution in [3.05, 3.63) is 35.4 Å². The number of nitrogen functional groups attached to an aromatic ring is 1. The Kier molecular flexibility index (Phi) is 2.94. The fraction of sp³-hybridized carbons (Fsp3) is 0.200. The maximum Gasteiger partial charge on any atom is 0.341 e. The van der Waals surface area contributed by atoms with Crippen molar-refractivity contribution in [1.29, 1.82) is 0 Å². The van der Waals surface area contributed by atoms with E-state index in [0.29, 0.717) is 12.0 Å². The summed E-state index contributed by atoms with van der Waals surface area (Å²) in [5, 5.41) is 0. The lowest BCUT2D eigenvalue weighted by Gasteiger charge is -2.10. The maximum atomic E-state index is 11.7. The van der Waals surface area contributed by atoms with E-state index in [-0.39, 0.29) is 11.7 Å². The third-order valence-corrected chi connectivity index (χ3v) is 3.72. The monoisotopic (exact) mass is 285 g/mol. The molecule has 0 radical (unpaired) electrons. The standard InChI is InChI=1S/C15H15N3O3/c1-18-12-4-3-8(5-9(12)6-13(18)19)11-7-10(14(16)17-11)15(20)21-2/h3-5,7,17H,6,16H2,1-2H3. The summed E-state index contributed by atoms with van der Waals surface area (Å²) in [6.45, 7) is 0. The van der Waals surface area contributed by atoms with Gasteiger partial charge in [-0.15, -0.1) is 0 Å². The highest BCUT2D eigenvalue weighted by atomic mass is 16.5. The molecule has 2 aromatic rings. The fourth-order valence-electron chi connectivity index (χ4n) is 2.54. The highest BCUT2D eigenvalue weighted by molar-refractivity contribution is 6.01. The second-order valence-electron chi connectivity index (χ2n) is 4.97. The molecule has 6 heteroatoms. The molecule has 0 spiro atoms. The van der Waals surface area contributed by atoms with Crippen LogP contribution < -0.4 is 10.6 Å². The summed E-state index contributed by atoms with van der Waals surface area (Å²) < 4.78 is 4.68. The van der Waals surface area contributed by atoms with Gasteiger partial charge in [-0.1, -0.05) is 6.07 Å². The summed E-state index contributed by atoms with van der Waals surface area (Å²) in [6.07, 6.45) is 0.389. The number of aromatic nitrogens is 1. The summed E-state index contributed by atoms with van der Waals surface area (Å²) in [4.78, 5) is 27.9. The average Bonchev–Trinajstić information content (AvgIpc) is 2.99. The number of hydrogen-bond donors (Lipinski definition) is 2. The Labute approximate surface area is 121 Å². The number of amides is 1. The lowest BCUT2D eigenvalue weighted by molar-refractivity contribution is -0.117. The molecule has 1 aromatic heterocycles. The van der Waals surface area contributed by atoms with E-state index >= 15 is 0 Å².